The molecule has 0 bridgehead atoms. The van der Waals surface area contributed by atoms with Crippen LogP contribution in [0.25, 0.3) is 0 Å². The van der Waals surface area contributed by atoms with Crippen molar-refractivity contribution in [1.82, 2.24) is 0 Å². The summed E-state index contributed by atoms with van der Waals surface area (Å²) >= 11 is 1.17. The van der Waals surface area contributed by atoms with Crippen LogP contribution in [-0.2, 0) is 15.0 Å². The second kappa shape index (κ2) is 5.42. The van der Waals surface area contributed by atoms with Crippen LogP contribution in [-0.4, -0.2) is 0 Å². The number of hydrogen-bond acceptors (Lipinski definition) is 0. The van der Waals surface area contributed by atoms with Crippen molar-refractivity contribution >= 4 is 0 Å². The summed E-state index contributed by atoms with van der Waals surface area (Å²) in [5.74, 6) is 0. The fourth-order valence-electron chi connectivity index (χ4n) is 2.58. The predicted molar refractivity (Wildman–Crippen MR) is 71.4 cm³/mol. The van der Waals surface area contributed by atoms with Crippen molar-refractivity contribution < 1.29 is 15.0 Å². The van der Waals surface area contributed by atoms with Crippen LogP contribution in [0.1, 0.15) is 53.4 Å². The molecule has 0 aromatic carbocycles. The van der Waals surface area contributed by atoms with Gasteiger partial charge in [-0.3, -0.25) is 0 Å². The second-order valence-corrected chi connectivity index (χ2v) is 6.26. The Morgan fingerprint density at radius 3 is 1.65 bits per heavy atom. The van der Waals surface area contributed by atoms with Crippen LogP contribution in [0.4, 0.5) is 0 Å². The Morgan fingerprint density at radius 2 is 1.29 bits per heavy atom. The zero-order valence-electron chi connectivity index (χ0n) is 11.3. The van der Waals surface area contributed by atoms with Gasteiger partial charge in [-0.25, -0.2) is 0 Å². The summed E-state index contributed by atoms with van der Waals surface area (Å²) in [5.41, 5.74) is 6.40. The fraction of sp³-hybridized carbons (Fsp3) is 0.500. The van der Waals surface area contributed by atoms with Crippen LogP contribution in [0, 0.1) is 0 Å². The molecule has 0 aromatic heterocycles. The normalized spacial score (nSPS) is 20.5. The molecule has 0 fully saturated rings. The van der Waals surface area contributed by atoms with E-state index >= 15 is 0 Å². The third kappa shape index (κ3) is 2.51. The molecule has 0 aliphatic heterocycles. The van der Waals surface area contributed by atoms with Gasteiger partial charge in [0.2, 0.25) is 0 Å². The van der Waals surface area contributed by atoms with Gasteiger partial charge in [-0.05, 0) is 0 Å². The summed E-state index contributed by atoms with van der Waals surface area (Å²) in [6.45, 7) is 9.13. The minimum absolute atomic E-state index is 1.17. The molecule has 1 heteroatoms. The summed E-state index contributed by atoms with van der Waals surface area (Å²) in [7, 11) is 0. The third-order valence-electron chi connectivity index (χ3n) is 3.65. The molecule has 0 N–H and O–H groups in total. The van der Waals surface area contributed by atoms with Gasteiger partial charge in [-0.1, -0.05) is 0 Å². The molecule has 0 aromatic rings. The molecule has 0 atom stereocenters. The summed E-state index contributed by atoms with van der Waals surface area (Å²) in [6, 6.07) is 0. The molecule has 94 valence electrons. The first kappa shape index (κ1) is 12.9. The molecule has 0 spiro atoms. The van der Waals surface area contributed by atoms with Crippen molar-refractivity contribution in [2.24, 2.45) is 0 Å². The minimum atomic E-state index is 1.17. The first-order valence-electron chi connectivity index (χ1n) is 6.58. The zero-order valence-corrected chi connectivity index (χ0v) is 12.4. The Morgan fingerprint density at radius 1 is 0.882 bits per heavy atom. The third-order valence-corrected chi connectivity index (χ3v) is 5.37. The Hall–Kier alpha value is -0.521. The van der Waals surface area contributed by atoms with E-state index in [1.165, 1.54) is 40.6 Å². The Bertz CT molecular complexity index is 402. The summed E-state index contributed by atoms with van der Waals surface area (Å²) < 4.78 is 3.19. The molecule has 0 unspecified atom stereocenters. The molecule has 2 rings (SSSR count). The summed E-state index contributed by atoms with van der Waals surface area (Å²) in [6.07, 6.45) is 9.61. The SMILES string of the molecule is CCC1=C(C)CC=[C]1[Fe][C]1=CCC(C)=C1CC. The van der Waals surface area contributed by atoms with Crippen molar-refractivity contribution in [3.05, 3.63) is 43.4 Å². The van der Waals surface area contributed by atoms with E-state index < -0.39 is 0 Å². The molecule has 0 radical (unpaired) electrons. The van der Waals surface area contributed by atoms with Crippen LogP contribution in [0.3, 0.4) is 0 Å². The van der Waals surface area contributed by atoms with E-state index in [0.29, 0.717) is 0 Å². The molecular weight excluding hydrogens is 248 g/mol. The predicted octanol–water partition coefficient (Wildman–Crippen LogP) is 5.10. The van der Waals surface area contributed by atoms with Crippen molar-refractivity contribution in [1.29, 1.82) is 0 Å². The van der Waals surface area contributed by atoms with Crippen molar-refractivity contribution in [2.45, 2.75) is 53.4 Å². The molecule has 0 heterocycles. The van der Waals surface area contributed by atoms with Gasteiger partial charge in [0.15, 0.2) is 0 Å². The molecule has 2 aliphatic carbocycles. The zero-order chi connectivity index (χ0) is 12.4. The van der Waals surface area contributed by atoms with Gasteiger partial charge in [0.05, 0.1) is 0 Å². The van der Waals surface area contributed by atoms with Gasteiger partial charge in [0, 0.05) is 0 Å². The topological polar surface area (TPSA) is 0 Å². The van der Waals surface area contributed by atoms with E-state index in [4.69, 9.17) is 0 Å². The van der Waals surface area contributed by atoms with Crippen LogP contribution in [0.15, 0.2) is 43.4 Å². The molecule has 0 saturated carbocycles. The maximum absolute atomic E-state index is 2.44. The Labute approximate surface area is 112 Å². The van der Waals surface area contributed by atoms with Gasteiger partial charge in [-0.15, -0.1) is 0 Å². The van der Waals surface area contributed by atoms with Crippen molar-refractivity contribution in [3.63, 3.8) is 0 Å². The van der Waals surface area contributed by atoms with Gasteiger partial charge in [0.1, 0.15) is 0 Å². The van der Waals surface area contributed by atoms with Gasteiger partial charge in [0.25, 0.3) is 0 Å². The molecule has 2 aliphatic rings. The first-order valence-corrected chi connectivity index (χ1v) is 7.68. The van der Waals surface area contributed by atoms with E-state index in [9.17, 15) is 0 Å². The van der Waals surface area contributed by atoms with Crippen LogP contribution in [0.5, 0.6) is 0 Å². The van der Waals surface area contributed by atoms with Gasteiger partial charge in [-0.2, -0.15) is 0 Å². The molecule has 0 amide bonds. The molecule has 17 heavy (non-hydrogen) atoms. The van der Waals surface area contributed by atoms with Crippen LogP contribution in [0.2, 0.25) is 0 Å². The Kier molecular flexibility index (Phi) is 4.12. The first-order chi connectivity index (χ1) is 8.17. The fourth-order valence-corrected chi connectivity index (χ4v) is 4.55. The van der Waals surface area contributed by atoms with E-state index in [-0.39, 0.29) is 0 Å². The number of rotatable bonds is 4. The number of hydrogen-bond donors (Lipinski definition) is 0. The van der Waals surface area contributed by atoms with E-state index in [2.05, 4.69) is 39.8 Å². The monoisotopic (exact) mass is 270 g/mol. The van der Waals surface area contributed by atoms with E-state index in [1.54, 1.807) is 31.2 Å². The average Bonchev–Trinajstić information content (AvgIpc) is 2.83. The van der Waals surface area contributed by atoms with Crippen LogP contribution < -0.4 is 0 Å². The number of allylic oxidation sites excluding steroid dienone is 8. The van der Waals surface area contributed by atoms with E-state index in [1.807, 2.05) is 0 Å². The quantitative estimate of drug-likeness (QED) is 0.623. The summed E-state index contributed by atoms with van der Waals surface area (Å²) in [5, 5.41) is 0. The van der Waals surface area contributed by atoms with Gasteiger partial charge < -0.3 is 0 Å². The summed E-state index contributed by atoms with van der Waals surface area (Å²) in [4.78, 5) is 0. The maximum atomic E-state index is 2.44. The van der Waals surface area contributed by atoms with E-state index in [0.717, 1.165) is 0 Å². The molecular formula is C16H22Fe. The van der Waals surface area contributed by atoms with Crippen molar-refractivity contribution in [2.75, 3.05) is 0 Å². The average molecular weight is 270 g/mol. The second-order valence-electron chi connectivity index (χ2n) is 4.80. The molecule has 0 nitrogen and oxygen atoms in total. The molecule has 0 saturated heterocycles. The van der Waals surface area contributed by atoms with Gasteiger partial charge >= 0.3 is 112 Å². The van der Waals surface area contributed by atoms with Crippen LogP contribution >= 0.6 is 0 Å². The standard InChI is InChI=1S/2C8H11.Fe/c2*1-3-8-6-4-5-7(8)2;/h2*4H,3,5H2,1-2H3;. The van der Waals surface area contributed by atoms with Crippen molar-refractivity contribution in [3.8, 4) is 0 Å². The Balaban J connectivity index is 2.15.